The third-order valence-corrected chi connectivity index (χ3v) is 13.4. The highest BCUT2D eigenvalue weighted by Crippen LogP contribution is 2.17. The van der Waals surface area contributed by atoms with Gasteiger partial charge in [-0.05, 0) is 51.4 Å². The molecular weight excluding hydrogens is 841 g/mol. The van der Waals surface area contributed by atoms with Gasteiger partial charge in [-0.2, -0.15) is 0 Å². The summed E-state index contributed by atoms with van der Waals surface area (Å²) in [6.45, 7) is 6.58. The molecule has 0 aromatic rings. The van der Waals surface area contributed by atoms with Crippen molar-refractivity contribution in [2.75, 3.05) is 13.2 Å². The third-order valence-electron chi connectivity index (χ3n) is 13.4. The summed E-state index contributed by atoms with van der Waals surface area (Å²) in [5.74, 6) is -0.858. The van der Waals surface area contributed by atoms with Crippen LogP contribution in [0.2, 0.25) is 0 Å². The molecule has 0 aliphatic heterocycles. The summed E-state index contributed by atoms with van der Waals surface area (Å²) in [7, 11) is 0. The molecule has 0 heterocycles. The second-order valence-corrected chi connectivity index (χ2v) is 20.2. The van der Waals surface area contributed by atoms with E-state index in [1.807, 2.05) is 0 Å². The Kier molecular flexibility index (Phi) is 55.2. The topological polar surface area (TPSA) is 78.9 Å². The highest BCUT2D eigenvalue weighted by Gasteiger charge is 2.19. The quantitative estimate of drug-likeness (QED) is 0.0262. The van der Waals surface area contributed by atoms with Crippen LogP contribution in [0, 0.1) is 0 Å². The van der Waals surface area contributed by atoms with E-state index < -0.39 is 6.10 Å². The average Bonchev–Trinajstić information content (AvgIpc) is 3.34. The van der Waals surface area contributed by atoms with E-state index in [-0.39, 0.29) is 31.1 Å². The Bertz CT molecular complexity index is 1140. The summed E-state index contributed by atoms with van der Waals surface area (Å²) in [4.78, 5) is 38.2. The van der Waals surface area contributed by atoms with Crippen molar-refractivity contribution in [1.82, 2.24) is 0 Å². The van der Waals surface area contributed by atoms with E-state index in [4.69, 9.17) is 14.2 Å². The van der Waals surface area contributed by atoms with E-state index in [1.54, 1.807) is 0 Å². The zero-order valence-electron chi connectivity index (χ0n) is 45.6. The average molecular weight is 956 g/mol. The summed E-state index contributed by atoms with van der Waals surface area (Å²) in [5.41, 5.74) is 0. The summed E-state index contributed by atoms with van der Waals surface area (Å²) in [6, 6.07) is 0. The van der Waals surface area contributed by atoms with Crippen LogP contribution in [0.3, 0.4) is 0 Å². The molecule has 0 radical (unpaired) electrons. The normalized spacial score (nSPS) is 12.2. The van der Waals surface area contributed by atoms with Crippen molar-refractivity contribution >= 4 is 17.9 Å². The Hall–Kier alpha value is -2.37. The molecule has 6 nitrogen and oxygen atoms in total. The maximum Gasteiger partial charge on any atom is 0.306 e. The molecule has 1 unspecified atom stereocenters. The van der Waals surface area contributed by atoms with Gasteiger partial charge in [-0.3, -0.25) is 14.4 Å². The van der Waals surface area contributed by atoms with Gasteiger partial charge in [0.2, 0.25) is 0 Å². The molecule has 0 saturated carbocycles. The van der Waals surface area contributed by atoms with Gasteiger partial charge in [0, 0.05) is 19.3 Å². The number of ether oxygens (including phenoxy) is 3. The van der Waals surface area contributed by atoms with E-state index in [0.717, 1.165) is 83.5 Å². The first-order valence-corrected chi connectivity index (χ1v) is 30.0. The molecule has 0 fully saturated rings. The lowest BCUT2D eigenvalue weighted by Crippen LogP contribution is -2.30. The number of rotatable bonds is 55. The SMILES string of the molecule is CC/C=C\C/C=C\C/C=C\CCCCCCCCCC(=O)OC(COC(=O)CCCCCCCCCCCCCCCCC)COC(=O)CCCCCCCCCCCCCCCCCCCC. The van der Waals surface area contributed by atoms with Gasteiger partial charge in [-0.1, -0.05) is 288 Å². The van der Waals surface area contributed by atoms with Gasteiger partial charge >= 0.3 is 17.9 Å². The molecule has 0 aliphatic rings. The smallest absolute Gasteiger partial charge is 0.306 e. The molecule has 0 rings (SSSR count). The molecule has 0 bridgehead atoms. The molecule has 0 aromatic carbocycles. The van der Waals surface area contributed by atoms with Crippen molar-refractivity contribution in [3.05, 3.63) is 36.5 Å². The van der Waals surface area contributed by atoms with Crippen molar-refractivity contribution in [2.24, 2.45) is 0 Å². The van der Waals surface area contributed by atoms with Crippen LogP contribution >= 0.6 is 0 Å². The molecule has 68 heavy (non-hydrogen) atoms. The Balaban J connectivity index is 4.33. The minimum atomic E-state index is -0.773. The largest absolute Gasteiger partial charge is 0.462 e. The van der Waals surface area contributed by atoms with E-state index in [0.29, 0.717) is 19.3 Å². The molecule has 0 N–H and O–H groups in total. The Morgan fingerprint density at radius 3 is 0.897 bits per heavy atom. The molecule has 0 spiro atoms. The van der Waals surface area contributed by atoms with Gasteiger partial charge in [-0.25, -0.2) is 0 Å². The first-order chi connectivity index (χ1) is 33.5. The molecule has 0 amide bonds. The van der Waals surface area contributed by atoms with E-state index in [1.165, 1.54) is 199 Å². The van der Waals surface area contributed by atoms with E-state index in [9.17, 15) is 14.4 Å². The predicted octanol–water partition coefficient (Wildman–Crippen LogP) is 20.0. The lowest BCUT2D eigenvalue weighted by molar-refractivity contribution is -0.167. The summed E-state index contributed by atoms with van der Waals surface area (Å²) >= 11 is 0. The molecule has 0 aromatic heterocycles. The lowest BCUT2D eigenvalue weighted by Gasteiger charge is -2.18. The minimum absolute atomic E-state index is 0.0710. The standard InChI is InChI=1S/C62H114O6/c1-4-7-10-13-16-19-22-25-28-30-32-34-37-40-43-46-49-52-55-61(64)67-58-59(57-66-60(63)54-51-48-45-42-39-36-33-27-24-21-18-15-12-9-6-3)68-62(65)56-53-50-47-44-41-38-35-31-29-26-23-20-17-14-11-8-5-2/h8,11,17,20,26,29,59H,4-7,9-10,12-16,18-19,21-25,27-28,30-58H2,1-3H3/b11-8-,20-17-,29-26-. The second kappa shape index (κ2) is 57.2. The third kappa shape index (κ3) is 54.6. The number of carbonyl (C=O) groups is 3. The van der Waals surface area contributed by atoms with Crippen LogP contribution in [0.15, 0.2) is 36.5 Å². The van der Waals surface area contributed by atoms with Crippen molar-refractivity contribution in [3.8, 4) is 0 Å². The van der Waals surface area contributed by atoms with Crippen molar-refractivity contribution in [3.63, 3.8) is 0 Å². The lowest BCUT2D eigenvalue weighted by atomic mass is 10.0. The van der Waals surface area contributed by atoms with Gasteiger partial charge in [0.15, 0.2) is 6.10 Å². The van der Waals surface area contributed by atoms with Crippen LogP contribution in [0.5, 0.6) is 0 Å². The number of carbonyl (C=O) groups excluding carboxylic acids is 3. The van der Waals surface area contributed by atoms with Gasteiger partial charge in [0.25, 0.3) is 0 Å². The monoisotopic (exact) mass is 955 g/mol. The molecule has 1 atom stereocenters. The van der Waals surface area contributed by atoms with Crippen LogP contribution in [0.1, 0.15) is 323 Å². The van der Waals surface area contributed by atoms with Crippen LogP contribution in [0.25, 0.3) is 0 Å². The fourth-order valence-corrected chi connectivity index (χ4v) is 8.93. The highest BCUT2D eigenvalue weighted by atomic mass is 16.6. The molecular formula is C62H114O6. The van der Waals surface area contributed by atoms with E-state index in [2.05, 4.69) is 57.2 Å². The second-order valence-electron chi connectivity index (χ2n) is 20.2. The Morgan fingerprint density at radius 1 is 0.309 bits per heavy atom. The van der Waals surface area contributed by atoms with Crippen LogP contribution < -0.4 is 0 Å². The maximum absolute atomic E-state index is 12.9. The number of unbranched alkanes of at least 4 members (excludes halogenated alkanes) is 38. The first kappa shape index (κ1) is 65.6. The minimum Gasteiger partial charge on any atom is -0.462 e. The van der Waals surface area contributed by atoms with Gasteiger partial charge in [0.05, 0.1) is 0 Å². The molecule has 398 valence electrons. The van der Waals surface area contributed by atoms with Gasteiger partial charge in [0.1, 0.15) is 13.2 Å². The van der Waals surface area contributed by atoms with Gasteiger partial charge < -0.3 is 14.2 Å². The summed E-state index contributed by atoms with van der Waals surface area (Å²) in [5, 5.41) is 0. The summed E-state index contributed by atoms with van der Waals surface area (Å²) in [6.07, 6.45) is 68.5. The number of allylic oxidation sites excluding steroid dienone is 6. The fraction of sp³-hybridized carbons (Fsp3) is 0.855. The van der Waals surface area contributed by atoms with Crippen LogP contribution in [-0.4, -0.2) is 37.2 Å². The number of esters is 3. The Morgan fingerprint density at radius 2 is 0.574 bits per heavy atom. The first-order valence-electron chi connectivity index (χ1n) is 30.0. The van der Waals surface area contributed by atoms with E-state index >= 15 is 0 Å². The van der Waals surface area contributed by atoms with Crippen molar-refractivity contribution in [2.45, 2.75) is 329 Å². The van der Waals surface area contributed by atoms with Crippen molar-refractivity contribution in [1.29, 1.82) is 0 Å². The van der Waals surface area contributed by atoms with Gasteiger partial charge in [-0.15, -0.1) is 0 Å². The zero-order chi connectivity index (χ0) is 49.3. The van der Waals surface area contributed by atoms with Crippen LogP contribution in [0.4, 0.5) is 0 Å². The van der Waals surface area contributed by atoms with Crippen LogP contribution in [-0.2, 0) is 28.6 Å². The Labute approximate surface area is 423 Å². The zero-order valence-corrected chi connectivity index (χ0v) is 45.6. The molecule has 0 saturated heterocycles. The molecule has 6 heteroatoms. The number of hydrogen-bond donors (Lipinski definition) is 0. The highest BCUT2D eigenvalue weighted by molar-refractivity contribution is 5.71. The predicted molar refractivity (Wildman–Crippen MR) is 293 cm³/mol. The molecule has 0 aliphatic carbocycles. The number of hydrogen-bond acceptors (Lipinski definition) is 6. The fourth-order valence-electron chi connectivity index (χ4n) is 8.93. The van der Waals surface area contributed by atoms with Crippen molar-refractivity contribution < 1.29 is 28.6 Å². The summed E-state index contributed by atoms with van der Waals surface area (Å²) < 4.78 is 16.9. The maximum atomic E-state index is 12.9.